The van der Waals surface area contributed by atoms with E-state index in [-0.39, 0.29) is 0 Å². The monoisotopic (exact) mass is 183 g/mol. The molecule has 0 saturated carbocycles. The lowest BCUT2D eigenvalue weighted by atomic mass is 10.5. The smallest absolute Gasteiger partial charge is 0.105 e. The number of hydrogen-bond donors (Lipinski definition) is 0. The summed E-state index contributed by atoms with van der Waals surface area (Å²) in [6.07, 6.45) is 3.85. The van der Waals surface area contributed by atoms with Crippen LogP contribution in [0.15, 0.2) is 12.4 Å². The molecule has 1 aromatic rings. The molecule has 0 aliphatic carbocycles. The van der Waals surface area contributed by atoms with Gasteiger partial charge in [-0.25, -0.2) is 4.98 Å². The highest BCUT2D eigenvalue weighted by Crippen LogP contribution is 1.94. The van der Waals surface area contributed by atoms with Crippen molar-refractivity contribution in [2.24, 2.45) is 0 Å². The Hall–Kier alpha value is -0.830. The lowest BCUT2D eigenvalue weighted by molar-refractivity contribution is 0.382. The molecule has 0 spiro atoms. The van der Waals surface area contributed by atoms with Crippen LogP contribution in [0.25, 0.3) is 0 Å². The number of rotatable bonds is 3. The Morgan fingerprint density at radius 1 is 1.38 bits per heavy atom. The molecule has 1 rings (SSSR count). The molecule has 13 heavy (non-hydrogen) atoms. The molecule has 0 unspecified atom stereocenters. The first kappa shape index (κ1) is 12.2. The van der Waals surface area contributed by atoms with Crippen molar-refractivity contribution >= 4 is 0 Å². The van der Waals surface area contributed by atoms with E-state index in [2.05, 4.69) is 28.5 Å². The van der Waals surface area contributed by atoms with Crippen LogP contribution in [0.4, 0.5) is 0 Å². The minimum absolute atomic E-state index is 1.03. The first-order valence-electron chi connectivity index (χ1n) is 4.82. The van der Waals surface area contributed by atoms with Crippen molar-refractivity contribution in [1.82, 2.24) is 14.5 Å². The zero-order valence-electron chi connectivity index (χ0n) is 9.41. The van der Waals surface area contributed by atoms with Crippen molar-refractivity contribution in [2.45, 2.75) is 27.3 Å². The molecule has 1 heterocycles. The van der Waals surface area contributed by atoms with Gasteiger partial charge in [-0.3, -0.25) is 0 Å². The summed E-state index contributed by atoms with van der Waals surface area (Å²) in [6.45, 7) is 8.12. The molecule has 0 amide bonds. The van der Waals surface area contributed by atoms with E-state index in [0.29, 0.717) is 0 Å². The molecule has 0 radical (unpaired) electrons. The quantitative estimate of drug-likeness (QED) is 0.712. The third-order valence-corrected chi connectivity index (χ3v) is 1.71. The van der Waals surface area contributed by atoms with Gasteiger partial charge in [0, 0.05) is 25.5 Å². The van der Waals surface area contributed by atoms with E-state index in [1.165, 1.54) is 0 Å². The maximum atomic E-state index is 4.14. The van der Waals surface area contributed by atoms with Gasteiger partial charge in [-0.2, -0.15) is 0 Å². The van der Waals surface area contributed by atoms with E-state index < -0.39 is 0 Å². The lowest BCUT2D eigenvalue weighted by Gasteiger charge is -2.10. The molecule has 76 valence electrons. The van der Waals surface area contributed by atoms with Gasteiger partial charge in [-0.05, 0) is 21.0 Å². The second kappa shape index (κ2) is 6.66. The van der Waals surface area contributed by atoms with Gasteiger partial charge in [-0.1, -0.05) is 13.8 Å². The highest BCUT2D eigenvalue weighted by molar-refractivity contribution is 4.88. The minimum Gasteiger partial charge on any atom is -0.334 e. The largest absolute Gasteiger partial charge is 0.334 e. The van der Waals surface area contributed by atoms with E-state index in [1.54, 1.807) is 0 Å². The van der Waals surface area contributed by atoms with Gasteiger partial charge < -0.3 is 9.47 Å². The molecule has 3 heteroatoms. The van der Waals surface area contributed by atoms with Crippen molar-refractivity contribution in [3.05, 3.63) is 18.2 Å². The Kier molecular flexibility index (Phi) is 6.24. The minimum atomic E-state index is 1.03. The molecular formula is C10H21N3. The summed E-state index contributed by atoms with van der Waals surface area (Å²) in [5.41, 5.74) is 0. The maximum Gasteiger partial charge on any atom is 0.105 e. The second-order valence-electron chi connectivity index (χ2n) is 2.97. The molecule has 0 saturated heterocycles. The van der Waals surface area contributed by atoms with Crippen LogP contribution >= 0.6 is 0 Å². The highest BCUT2D eigenvalue weighted by Gasteiger charge is 1.95. The normalized spacial score (nSPS) is 9.69. The number of aryl methyl sites for hydroxylation is 1. The van der Waals surface area contributed by atoms with E-state index in [1.807, 2.05) is 33.2 Å². The Labute approximate surface area is 81.4 Å². The van der Waals surface area contributed by atoms with Crippen LogP contribution in [0.3, 0.4) is 0 Å². The maximum absolute atomic E-state index is 4.14. The Morgan fingerprint density at radius 3 is 2.38 bits per heavy atom. The van der Waals surface area contributed by atoms with Crippen LogP contribution in [0.5, 0.6) is 0 Å². The molecule has 0 fully saturated rings. The zero-order chi connectivity index (χ0) is 10.3. The van der Waals surface area contributed by atoms with Crippen LogP contribution in [0.1, 0.15) is 19.7 Å². The van der Waals surface area contributed by atoms with Crippen molar-refractivity contribution in [3.8, 4) is 0 Å². The predicted octanol–water partition coefficient (Wildman–Crippen LogP) is 1.78. The summed E-state index contributed by atoms with van der Waals surface area (Å²) in [5.74, 6) is 1.09. The van der Waals surface area contributed by atoms with E-state index in [9.17, 15) is 0 Å². The average Bonchev–Trinajstić information content (AvgIpc) is 2.51. The molecule has 0 N–H and O–H groups in total. The lowest BCUT2D eigenvalue weighted by Crippen LogP contribution is -2.18. The molecular weight excluding hydrogens is 162 g/mol. The molecule has 0 bridgehead atoms. The zero-order valence-corrected chi connectivity index (χ0v) is 9.41. The second-order valence-corrected chi connectivity index (χ2v) is 2.97. The van der Waals surface area contributed by atoms with Crippen molar-refractivity contribution in [2.75, 3.05) is 20.6 Å². The highest BCUT2D eigenvalue weighted by atomic mass is 15.1. The fourth-order valence-corrected chi connectivity index (χ4v) is 0.948. The van der Waals surface area contributed by atoms with Gasteiger partial charge in [0.15, 0.2) is 0 Å². The van der Waals surface area contributed by atoms with E-state index in [0.717, 1.165) is 18.9 Å². The van der Waals surface area contributed by atoms with E-state index in [4.69, 9.17) is 0 Å². The van der Waals surface area contributed by atoms with Crippen LogP contribution in [0, 0.1) is 6.92 Å². The number of aromatic nitrogens is 2. The number of likely N-dealkylation sites (N-methyl/N-ethyl adjacent to an activating group) is 1. The summed E-state index contributed by atoms with van der Waals surface area (Å²) in [5, 5.41) is 0. The Bertz CT molecular complexity index is 216. The number of imidazole rings is 1. The standard InChI is InChI=1S/C8H15N3.C2H6/c1-8-9-4-5-11(8)7-6-10(2)3;1-2/h4-5H,6-7H2,1-3H3;1-2H3. The van der Waals surface area contributed by atoms with Gasteiger partial charge >= 0.3 is 0 Å². The van der Waals surface area contributed by atoms with Crippen LogP contribution < -0.4 is 0 Å². The Morgan fingerprint density at radius 2 is 2.00 bits per heavy atom. The van der Waals surface area contributed by atoms with Gasteiger partial charge in [0.2, 0.25) is 0 Å². The van der Waals surface area contributed by atoms with Gasteiger partial charge in [0.1, 0.15) is 5.82 Å². The molecule has 0 aliphatic rings. The number of hydrogen-bond acceptors (Lipinski definition) is 2. The average molecular weight is 183 g/mol. The van der Waals surface area contributed by atoms with Crippen molar-refractivity contribution in [3.63, 3.8) is 0 Å². The van der Waals surface area contributed by atoms with E-state index >= 15 is 0 Å². The number of nitrogens with zero attached hydrogens (tertiary/aromatic N) is 3. The van der Waals surface area contributed by atoms with Gasteiger partial charge in [0.25, 0.3) is 0 Å². The first-order chi connectivity index (χ1) is 6.20. The van der Waals surface area contributed by atoms with Gasteiger partial charge in [-0.15, -0.1) is 0 Å². The SMILES string of the molecule is CC.Cc1nccn1CCN(C)C. The summed E-state index contributed by atoms with van der Waals surface area (Å²) < 4.78 is 2.15. The van der Waals surface area contributed by atoms with Crippen LogP contribution in [0.2, 0.25) is 0 Å². The van der Waals surface area contributed by atoms with Crippen molar-refractivity contribution in [1.29, 1.82) is 0 Å². The topological polar surface area (TPSA) is 21.1 Å². The van der Waals surface area contributed by atoms with Crippen molar-refractivity contribution < 1.29 is 0 Å². The third-order valence-electron chi connectivity index (χ3n) is 1.71. The fraction of sp³-hybridized carbons (Fsp3) is 0.700. The van der Waals surface area contributed by atoms with Crippen LogP contribution in [-0.2, 0) is 6.54 Å². The molecule has 1 aromatic heterocycles. The Balaban J connectivity index is 0.000000671. The summed E-state index contributed by atoms with van der Waals surface area (Å²) in [6, 6.07) is 0. The summed E-state index contributed by atoms with van der Waals surface area (Å²) in [4.78, 5) is 6.31. The molecule has 0 aliphatic heterocycles. The first-order valence-corrected chi connectivity index (χ1v) is 4.82. The molecule has 3 nitrogen and oxygen atoms in total. The summed E-state index contributed by atoms with van der Waals surface area (Å²) >= 11 is 0. The van der Waals surface area contributed by atoms with Crippen LogP contribution in [-0.4, -0.2) is 35.1 Å². The predicted molar refractivity (Wildman–Crippen MR) is 56.9 cm³/mol. The fourth-order valence-electron chi connectivity index (χ4n) is 0.948. The molecule has 0 aromatic carbocycles. The third kappa shape index (κ3) is 4.68. The molecule has 0 atom stereocenters. The van der Waals surface area contributed by atoms with Gasteiger partial charge in [0.05, 0.1) is 0 Å². The summed E-state index contributed by atoms with van der Waals surface area (Å²) in [7, 11) is 4.15.